The smallest absolute Gasteiger partial charge is 0.224 e. The van der Waals surface area contributed by atoms with Crippen molar-refractivity contribution in [3.63, 3.8) is 0 Å². The number of ketones is 1. The molecule has 1 aliphatic carbocycles. The van der Waals surface area contributed by atoms with Crippen LogP contribution in [0.3, 0.4) is 0 Å². The third kappa shape index (κ3) is 4.65. The van der Waals surface area contributed by atoms with Crippen molar-refractivity contribution in [1.82, 2.24) is 24.7 Å². The van der Waals surface area contributed by atoms with Crippen molar-refractivity contribution in [2.45, 2.75) is 36.6 Å². The van der Waals surface area contributed by atoms with Crippen LogP contribution in [0.4, 0.5) is 5.95 Å². The van der Waals surface area contributed by atoms with Crippen LogP contribution in [0.2, 0.25) is 0 Å². The number of carbonyl (C=O) groups excluding carboxylic acids is 1. The average molecular weight is 473 g/mol. The van der Waals surface area contributed by atoms with Crippen LogP contribution in [-0.4, -0.2) is 37.6 Å². The summed E-state index contributed by atoms with van der Waals surface area (Å²) in [5.41, 5.74) is 10.3. The molecule has 0 unspecified atom stereocenters. The lowest BCUT2D eigenvalue weighted by Gasteiger charge is -2.10. The number of rotatable bonds is 8. The molecular formula is C25H24N6O2S. The number of carbonyl (C=O) groups is 1. The highest BCUT2D eigenvalue weighted by atomic mass is 32.2. The maximum atomic E-state index is 11.8. The zero-order chi connectivity index (χ0) is 23.7. The van der Waals surface area contributed by atoms with E-state index in [2.05, 4.69) is 9.97 Å². The highest BCUT2D eigenvalue weighted by molar-refractivity contribution is 7.98. The summed E-state index contributed by atoms with van der Waals surface area (Å²) in [6, 6.07) is 17.4. The number of thioether (sulfide) groups is 1. The lowest BCUT2D eigenvalue weighted by Crippen LogP contribution is -2.06. The van der Waals surface area contributed by atoms with Gasteiger partial charge in [0.2, 0.25) is 5.95 Å². The van der Waals surface area contributed by atoms with Gasteiger partial charge in [-0.05, 0) is 56.2 Å². The van der Waals surface area contributed by atoms with Gasteiger partial charge in [0.1, 0.15) is 11.4 Å². The van der Waals surface area contributed by atoms with Crippen LogP contribution in [0, 0.1) is 0 Å². The van der Waals surface area contributed by atoms with Gasteiger partial charge in [0.05, 0.1) is 18.5 Å². The molecule has 8 nitrogen and oxygen atoms in total. The second kappa shape index (κ2) is 9.26. The predicted molar refractivity (Wildman–Crippen MR) is 131 cm³/mol. The van der Waals surface area contributed by atoms with Crippen LogP contribution >= 0.6 is 11.8 Å². The Morgan fingerprint density at radius 3 is 2.62 bits per heavy atom. The molecule has 172 valence electrons. The second-order valence-corrected chi connectivity index (χ2v) is 9.09. The van der Waals surface area contributed by atoms with E-state index in [0.29, 0.717) is 34.0 Å². The predicted octanol–water partition coefficient (Wildman–Crippen LogP) is 4.69. The summed E-state index contributed by atoms with van der Waals surface area (Å²) < 4.78 is 7.34. The van der Waals surface area contributed by atoms with Gasteiger partial charge in [-0.1, -0.05) is 30.0 Å². The summed E-state index contributed by atoms with van der Waals surface area (Å²) in [4.78, 5) is 25.3. The van der Waals surface area contributed by atoms with Crippen molar-refractivity contribution in [3.05, 3.63) is 71.4 Å². The summed E-state index contributed by atoms with van der Waals surface area (Å²) in [6.07, 6.45) is 2.29. The molecule has 0 radical (unpaired) electrons. The number of hydrogen-bond acceptors (Lipinski definition) is 8. The summed E-state index contributed by atoms with van der Waals surface area (Å²) in [5, 5.41) is 5.33. The Hall–Kier alpha value is -3.72. The summed E-state index contributed by atoms with van der Waals surface area (Å²) in [7, 11) is 1.61. The number of para-hydroxylation sites is 1. The molecule has 0 atom stereocenters. The number of benzene rings is 2. The molecule has 0 bridgehead atoms. The zero-order valence-corrected chi connectivity index (χ0v) is 19.7. The number of aromatic nitrogens is 5. The van der Waals surface area contributed by atoms with E-state index in [1.54, 1.807) is 26.2 Å². The zero-order valence-electron chi connectivity index (χ0n) is 18.9. The third-order valence-electron chi connectivity index (χ3n) is 5.63. The van der Waals surface area contributed by atoms with Crippen molar-refractivity contribution in [2.75, 3.05) is 12.8 Å². The molecule has 0 saturated heterocycles. The summed E-state index contributed by atoms with van der Waals surface area (Å²) >= 11 is 1.41. The van der Waals surface area contributed by atoms with Gasteiger partial charge in [0, 0.05) is 22.8 Å². The van der Waals surface area contributed by atoms with Crippen molar-refractivity contribution < 1.29 is 9.53 Å². The Kier molecular flexibility index (Phi) is 6.02. The topological polar surface area (TPSA) is 109 Å². The maximum Gasteiger partial charge on any atom is 0.224 e. The van der Waals surface area contributed by atoms with Crippen LogP contribution < -0.4 is 10.5 Å². The molecule has 4 aromatic rings. The van der Waals surface area contributed by atoms with Gasteiger partial charge in [-0.3, -0.25) is 4.79 Å². The van der Waals surface area contributed by atoms with Crippen LogP contribution in [0.1, 0.15) is 47.3 Å². The monoisotopic (exact) mass is 472 g/mol. The quantitative estimate of drug-likeness (QED) is 0.291. The van der Waals surface area contributed by atoms with Crippen LogP contribution in [0.25, 0.3) is 17.2 Å². The van der Waals surface area contributed by atoms with Crippen LogP contribution in [0.5, 0.6) is 5.75 Å². The van der Waals surface area contributed by atoms with E-state index in [-0.39, 0.29) is 11.7 Å². The number of nitrogens with zero attached hydrogens (tertiary/aromatic N) is 5. The molecular weight excluding hydrogens is 448 g/mol. The van der Waals surface area contributed by atoms with Gasteiger partial charge >= 0.3 is 0 Å². The first-order valence-electron chi connectivity index (χ1n) is 11.0. The molecule has 1 fully saturated rings. The lowest BCUT2D eigenvalue weighted by atomic mass is 10.1. The SMILES string of the molecule is COc1ccc(C(C)=O)cc1CSc1nc(N)nc(-c2cc(C3CC3)nn2-c2ccccc2)n1. The van der Waals surface area contributed by atoms with E-state index in [0.717, 1.165) is 35.5 Å². The van der Waals surface area contributed by atoms with E-state index in [9.17, 15) is 4.79 Å². The second-order valence-electron chi connectivity index (χ2n) is 8.15. The Morgan fingerprint density at radius 1 is 1.12 bits per heavy atom. The van der Waals surface area contributed by atoms with Gasteiger partial charge in [-0.2, -0.15) is 15.1 Å². The van der Waals surface area contributed by atoms with E-state index >= 15 is 0 Å². The minimum absolute atomic E-state index is 0.00114. The number of ether oxygens (including phenoxy) is 1. The summed E-state index contributed by atoms with van der Waals surface area (Å²) in [6.45, 7) is 1.55. The van der Waals surface area contributed by atoms with E-state index in [1.807, 2.05) is 47.1 Å². The standard InChI is InChI=1S/C25H24N6O2S/c1-15(32)17-10-11-22(33-2)18(12-17)14-34-25-28-23(27-24(26)29-25)21-13-20(16-8-9-16)30-31(21)19-6-4-3-5-7-19/h3-7,10-13,16H,8-9,14H2,1-2H3,(H2,26,27,28,29). The van der Waals surface area contributed by atoms with E-state index in [1.165, 1.54) is 11.8 Å². The maximum absolute atomic E-state index is 11.8. The largest absolute Gasteiger partial charge is 0.496 e. The minimum atomic E-state index is 0.00114. The fourth-order valence-corrected chi connectivity index (χ4v) is 4.53. The molecule has 0 amide bonds. The Morgan fingerprint density at radius 2 is 1.91 bits per heavy atom. The van der Waals surface area contributed by atoms with Gasteiger partial charge in [0.25, 0.3) is 0 Å². The van der Waals surface area contributed by atoms with Crippen molar-refractivity contribution in [3.8, 4) is 23.0 Å². The Labute approximate surface area is 201 Å². The number of hydrogen-bond donors (Lipinski definition) is 1. The fourth-order valence-electron chi connectivity index (χ4n) is 3.71. The normalized spacial score (nSPS) is 13.1. The van der Waals surface area contributed by atoms with E-state index in [4.69, 9.17) is 20.6 Å². The minimum Gasteiger partial charge on any atom is -0.496 e. The Bertz CT molecular complexity index is 1350. The highest BCUT2D eigenvalue weighted by Crippen LogP contribution is 2.41. The number of methoxy groups -OCH3 is 1. The molecule has 9 heteroatoms. The molecule has 1 aliphatic rings. The van der Waals surface area contributed by atoms with Crippen LogP contribution in [-0.2, 0) is 5.75 Å². The van der Waals surface area contributed by atoms with Gasteiger partial charge in [0.15, 0.2) is 16.8 Å². The molecule has 0 aliphatic heterocycles. The Balaban J connectivity index is 1.48. The molecule has 5 rings (SSSR count). The van der Waals surface area contributed by atoms with Crippen molar-refractivity contribution >= 4 is 23.5 Å². The first-order valence-corrected chi connectivity index (χ1v) is 12.0. The highest BCUT2D eigenvalue weighted by Gasteiger charge is 2.28. The molecule has 2 N–H and O–H groups in total. The number of anilines is 1. The number of nitrogen functional groups attached to an aromatic ring is 1. The van der Waals surface area contributed by atoms with Crippen molar-refractivity contribution in [1.29, 1.82) is 0 Å². The van der Waals surface area contributed by atoms with Crippen molar-refractivity contribution in [2.24, 2.45) is 0 Å². The molecule has 2 aromatic heterocycles. The molecule has 1 saturated carbocycles. The van der Waals surface area contributed by atoms with E-state index < -0.39 is 0 Å². The first-order chi connectivity index (χ1) is 16.5. The fraction of sp³-hybridized carbons (Fsp3) is 0.240. The lowest BCUT2D eigenvalue weighted by molar-refractivity contribution is 0.101. The number of nitrogens with two attached hydrogens (primary N) is 1. The first kappa shape index (κ1) is 22.1. The summed E-state index contributed by atoms with van der Waals surface area (Å²) in [5.74, 6) is 2.32. The molecule has 34 heavy (non-hydrogen) atoms. The number of Topliss-reactive ketones (excluding diaryl/α,β-unsaturated/α-hetero) is 1. The van der Waals surface area contributed by atoms with Crippen LogP contribution in [0.15, 0.2) is 59.8 Å². The third-order valence-corrected chi connectivity index (χ3v) is 6.53. The molecule has 2 aromatic carbocycles. The van der Waals surface area contributed by atoms with Gasteiger partial charge < -0.3 is 10.5 Å². The van der Waals surface area contributed by atoms with Gasteiger partial charge in [-0.15, -0.1) is 0 Å². The average Bonchev–Trinajstić information content (AvgIpc) is 3.60. The molecule has 2 heterocycles. The van der Waals surface area contributed by atoms with Gasteiger partial charge in [-0.25, -0.2) is 9.67 Å². The molecule has 0 spiro atoms.